The predicted molar refractivity (Wildman–Crippen MR) is 112 cm³/mol. The lowest BCUT2D eigenvalue weighted by atomic mass is 9.92. The van der Waals surface area contributed by atoms with Crippen molar-refractivity contribution in [2.45, 2.75) is 57.4 Å². The molecule has 0 aromatic heterocycles. The Bertz CT molecular complexity index is 858. The first kappa shape index (κ1) is 18.9. The number of benzene rings is 2. The maximum atomic E-state index is 13.5. The first-order valence-corrected chi connectivity index (χ1v) is 10.2. The van der Waals surface area contributed by atoms with Gasteiger partial charge in [-0.3, -0.25) is 4.79 Å². The van der Waals surface area contributed by atoms with Gasteiger partial charge in [0.05, 0.1) is 12.1 Å². The Hall–Kier alpha value is -2.39. The van der Waals surface area contributed by atoms with Crippen LogP contribution in [0.25, 0.3) is 0 Å². The van der Waals surface area contributed by atoms with Gasteiger partial charge in [-0.05, 0) is 49.3 Å². The van der Waals surface area contributed by atoms with E-state index in [-0.39, 0.29) is 24.0 Å². The number of hydrogen-bond donors (Lipinski definition) is 0. The normalized spacial score (nSPS) is 23.1. The SMILES string of the molecule is C=CC[C@H](CC(=O)N1[C@H]2c3ccccc3C[C@H]2OC1(C)C)Cc1ccccc1. The van der Waals surface area contributed by atoms with Gasteiger partial charge in [0.2, 0.25) is 5.91 Å². The van der Waals surface area contributed by atoms with Crippen molar-refractivity contribution < 1.29 is 9.53 Å². The molecule has 2 aromatic rings. The summed E-state index contributed by atoms with van der Waals surface area (Å²) in [7, 11) is 0. The minimum Gasteiger partial charge on any atom is -0.350 e. The number of hydrogen-bond acceptors (Lipinski definition) is 2. The molecule has 1 aliphatic carbocycles. The zero-order valence-electron chi connectivity index (χ0n) is 16.8. The molecule has 3 atom stereocenters. The highest BCUT2D eigenvalue weighted by Crippen LogP contribution is 2.48. The summed E-state index contributed by atoms with van der Waals surface area (Å²) in [6.07, 6.45) is 5.11. The van der Waals surface area contributed by atoms with E-state index in [1.165, 1.54) is 16.7 Å². The van der Waals surface area contributed by atoms with Crippen LogP contribution in [-0.4, -0.2) is 22.6 Å². The van der Waals surface area contributed by atoms with Gasteiger partial charge in [0.15, 0.2) is 0 Å². The Kier molecular flexibility index (Phi) is 5.11. The summed E-state index contributed by atoms with van der Waals surface area (Å²) in [5.74, 6) is 0.427. The van der Waals surface area contributed by atoms with E-state index in [1.54, 1.807) is 0 Å². The molecule has 0 N–H and O–H groups in total. The fourth-order valence-electron chi connectivity index (χ4n) is 4.93. The lowest BCUT2D eigenvalue weighted by Crippen LogP contribution is -2.45. The van der Waals surface area contributed by atoms with E-state index >= 15 is 0 Å². The van der Waals surface area contributed by atoms with Gasteiger partial charge in [-0.2, -0.15) is 0 Å². The molecule has 3 heteroatoms. The Morgan fingerprint density at radius 2 is 1.93 bits per heavy atom. The second-order valence-electron chi connectivity index (χ2n) is 8.50. The van der Waals surface area contributed by atoms with Gasteiger partial charge < -0.3 is 9.64 Å². The molecule has 1 saturated heterocycles. The van der Waals surface area contributed by atoms with Crippen molar-refractivity contribution in [3.8, 4) is 0 Å². The summed E-state index contributed by atoms with van der Waals surface area (Å²) >= 11 is 0. The highest BCUT2D eigenvalue weighted by Gasteiger charge is 2.53. The molecule has 2 aliphatic rings. The molecular formula is C25H29NO2. The van der Waals surface area contributed by atoms with Crippen LogP contribution in [0.1, 0.15) is 49.4 Å². The number of fused-ring (bicyclic) bond motifs is 3. The van der Waals surface area contributed by atoms with E-state index in [2.05, 4.69) is 55.1 Å². The molecule has 28 heavy (non-hydrogen) atoms. The Labute approximate surface area is 168 Å². The summed E-state index contributed by atoms with van der Waals surface area (Å²) in [6.45, 7) is 7.95. The number of ether oxygens (including phenoxy) is 1. The Morgan fingerprint density at radius 1 is 1.21 bits per heavy atom. The van der Waals surface area contributed by atoms with E-state index in [9.17, 15) is 4.79 Å². The molecular weight excluding hydrogens is 346 g/mol. The molecule has 1 aliphatic heterocycles. The number of carbonyl (C=O) groups excluding carboxylic acids is 1. The van der Waals surface area contributed by atoms with Gasteiger partial charge in [-0.25, -0.2) is 0 Å². The molecule has 0 spiro atoms. The zero-order chi connectivity index (χ0) is 19.7. The standard InChI is InChI=1S/C25H29NO2/c1-4-10-19(15-18-11-6-5-7-12-18)16-23(27)26-24-21-14-9-8-13-20(21)17-22(24)28-25(26,2)3/h4-9,11-14,19,22,24H,1,10,15-17H2,2-3H3/t19-,22+,24-/m0/s1. The van der Waals surface area contributed by atoms with Crippen molar-refractivity contribution in [2.75, 3.05) is 0 Å². The smallest absolute Gasteiger partial charge is 0.225 e. The van der Waals surface area contributed by atoms with Crippen LogP contribution in [-0.2, 0) is 22.4 Å². The number of amides is 1. The van der Waals surface area contributed by atoms with Gasteiger partial charge in [0, 0.05) is 12.8 Å². The number of rotatable bonds is 6. The highest BCUT2D eigenvalue weighted by atomic mass is 16.5. The summed E-state index contributed by atoms with van der Waals surface area (Å²) in [6, 6.07) is 18.9. The molecule has 0 radical (unpaired) electrons. The maximum absolute atomic E-state index is 13.5. The molecule has 0 bridgehead atoms. The lowest BCUT2D eigenvalue weighted by Gasteiger charge is -2.35. The molecule has 146 valence electrons. The number of allylic oxidation sites excluding steroid dienone is 1. The van der Waals surface area contributed by atoms with Crippen LogP contribution in [0.15, 0.2) is 67.3 Å². The van der Waals surface area contributed by atoms with Crippen LogP contribution in [0.4, 0.5) is 0 Å². The predicted octanol–water partition coefficient (Wildman–Crippen LogP) is 5.07. The van der Waals surface area contributed by atoms with Crippen LogP contribution in [0.5, 0.6) is 0 Å². The van der Waals surface area contributed by atoms with Crippen molar-refractivity contribution in [2.24, 2.45) is 5.92 Å². The van der Waals surface area contributed by atoms with Crippen LogP contribution in [0.3, 0.4) is 0 Å². The first-order chi connectivity index (χ1) is 13.5. The summed E-state index contributed by atoms with van der Waals surface area (Å²) in [5.41, 5.74) is 3.24. The quantitative estimate of drug-likeness (QED) is 0.660. The van der Waals surface area contributed by atoms with Crippen molar-refractivity contribution >= 4 is 5.91 Å². The third kappa shape index (κ3) is 3.51. The molecule has 1 heterocycles. The van der Waals surface area contributed by atoms with E-state index in [1.807, 2.05) is 30.9 Å². The van der Waals surface area contributed by atoms with Crippen LogP contribution >= 0.6 is 0 Å². The average molecular weight is 376 g/mol. The summed E-state index contributed by atoms with van der Waals surface area (Å²) in [5, 5.41) is 0. The molecule has 0 saturated carbocycles. The first-order valence-electron chi connectivity index (χ1n) is 10.2. The third-order valence-corrected chi connectivity index (χ3v) is 6.04. The van der Waals surface area contributed by atoms with Gasteiger partial charge >= 0.3 is 0 Å². The fourth-order valence-corrected chi connectivity index (χ4v) is 4.93. The molecule has 4 rings (SSSR count). The minimum atomic E-state index is -0.578. The van der Waals surface area contributed by atoms with E-state index < -0.39 is 5.72 Å². The second-order valence-corrected chi connectivity index (χ2v) is 8.50. The number of carbonyl (C=O) groups is 1. The molecule has 1 amide bonds. The Balaban J connectivity index is 1.56. The van der Waals surface area contributed by atoms with Crippen LogP contribution in [0.2, 0.25) is 0 Å². The van der Waals surface area contributed by atoms with Crippen LogP contribution in [0, 0.1) is 5.92 Å². The lowest BCUT2D eigenvalue weighted by molar-refractivity contribution is -0.148. The molecule has 2 aromatic carbocycles. The third-order valence-electron chi connectivity index (χ3n) is 6.04. The Morgan fingerprint density at radius 3 is 2.68 bits per heavy atom. The number of nitrogens with zero attached hydrogens (tertiary/aromatic N) is 1. The monoisotopic (exact) mass is 375 g/mol. The summed E-state index contributed by atoms with van der Waals surface area (Å²) < 4.78 is 6.33. The van der Waals surface area contributed by atoms with Crippen molar-refractivity contribution in [3.05, 3.63) is 83.9 Å². The van der Waals surface area contributed by atoms with Gasteiger partial charge in [-0.15, -0.1) is 6.58 Å². The van der Waals surface area contributed by atoms with E-state index in [0.29, 0.717) is 6.42 Å². The second kappa shape index (κ2) is 7.56. The fraction of sp³-hybridized carbons (Fsp3) is 0.400. The molecule has 1 fully saturated rings. The molecule has 0 unspecified atom stereocenters. The van der Waals surface area contributed by atoms with Crippen LogP contribution < -0.4 is 0 Å². The molecule has 3 nitrogen and oxygen atoms in total. The van der Waals surface area contributed by atoms with Gasteiger partial charge in [0.1, 0.15) is 5.72 Å². The van der Waals surface area contributed by atoms with Gasteiger partial charge in [-0.1, -0.05) is 60.7 Å². The average Bonchev–Trinajstić information content (AvgIpc) is 3.12. The largest absolute Gasteiger partial charge is 0.350 e. The maximum Gasteiger partial charge on any atom is 0.225 e. The van der Waals surface area contributed by atoms with Gasteiger partial charge in [0.25, 0.3) is 0 Å². The van der Waals surface area contributed by atoms with Crippen molar-refractivity contribution in [3.63, 3.8) is 0 Å². The summed E-state index contributed by atoms with van der Waals surface area (Å²) in [4.78, 5) is 15.5. The van der Waals surface area contributed by atoms with Crippen molar-refractivity contribution in [1.82, 2.24) is 4.90 Å². The van der Waals surface area contributed by atoms with E-state index in [4.69, 9.17) is 4.74 Å². The topological polar surface area (TPSA) is 29.5 Å². The van der Waals surface area contributed by atoms with E-state index in [0.717, 1.165) is 19.3 Å². The minimum absolute atomic E-state index is 0.0276. The highest BCUT2D eigenvalue weighted by molar-refractivity contribution is 5.78. The zero-order valence-corrected chi connectivity index (χ0v) is 16.8. The van der Waals surface area contributed by atoms with Crippen molar-refractivity contribution in [1.29, 1.82) is 0 Å².